The first-order valence-corrected chi connectivity index (χ1v) is 8.50. The molecule has 152 valence electrons. The van der Waals surface area contributed by atoms with Crippen LogP contribution in [0.25, 0.3) is 0 Å². The number of anilines is 1. The Morgan fingerprint density at radius 3 is 2.50 bits per heavy atom. The largest absolute Gasteiger partial charge is 0.497 e. The summed E-state index contributed by atoms with van der Waals surface area (Å²) in [5.74, 6) is -0.678. The van der Waals surface area contributed by atoms with Crippen LogP contribution >= 0.6 is 0 Å². The maximum atomic E-state index is 12.6. The van der Waals surface area contributed by atoms with E-state index >= 15 is 0 Å². The molecule has 0 bridgehead atoms. The predicted molar refractivity (Wildman–Crippen MR) is 91.4 cm³/mol. The molecule has 0 spiro atoms. The lowest BCUT2D eigenvalue weighted by molar-refractivity contribution is -0.157. The van der Waals surface area contributed by atoms with Crippen LogP contribution in [0.2, 0.25) is 0 Å². The third kappa shape index (κ3) is 4.29. The summed E-state index contributed by atoms with van der Waals surface area (Å²) in [5, 5.41) is 9.31. The van der Waals surface area contributed by atoms with Crippen LogP contribution in [0.4, 0.5) is 23.7 Å². The van der Waals surface area contributed by atoms with Gasteiger partial charge in [-0.05, 0) is 25.0 Å². The maximum absolute atomic E-state index is 12.6. The summed E-state index contributed by atoms with van der Waals surface area (Å²) in [6.07, 6.45) is -3.82. The zero-order valence-electron chi connectivity index (χ0n) is 15.2. The highest BCUT2D eigenvalue weighted by Crippen LogP contribution is 2.33. The first kappa shape index (κ1) is 19.8. The van der Waals surface area contributed by atoms with E-state index in [9.17, 15) is 18.0 Å². The number of rotatable bonds is 4. The van der Waals surface area contributed by atoms with E-state index in [0.717, 1.165) is 0 Å². The van der Waals surface area contributed by atoms with Gasteiger partial charge in [0, 0.05) is 25.1 Å². The van der Waals surface area contributed by atoms with E-state index in [1.54, 1.807) is 23.1 Å². The number of aromatic nitrogens is 2. The summed E-state index contributed by atoms with van der Waals surface area (Å²) in [4.78, 5) is 14.1. The SMILES string of the molecule is COc1ccc(NC(=O)N2CCC(c3nnc(C(F)(F)F)o3)CC2)c(OC)c1. The van der Waals surface area contributed by atoms with Crippen molar-refractivity contribution in [2.24, 2.45) is 0 Å². The molecule has 1 saturated heterocycles. The Morgan fingerprint density at radius 2 is 1.93 bits per heavy atom. The van der Waals surface area contributed by atoms with Gasteiger partial charge in [-0.15, -0.1) is 10.2 Å². The number of carbonyl (C=O) groups is 1. The Balaban J connectivity index is 1.59. The van der Waals surface area contributed by atoms with Gasteiger partial charge in [-0.1, -0.05) is 0 Å². The summed E-state index contributed by atoms with van der Waals surface area (Å²) < 4.78 is 52.8. The average Bonchev–Trinajstić information content (AvgIpc) is 3.19. The molecule has 1 fully saturated rings. The second-order valence-corrected chi connectivity index (χ2v) is 6.20. The van der Waals surface area contributed by atoms with Crippen LogP contribution in [-0.2, 0) is 6.18 Å². The summed E-state index contributed by atoms with van der Waals surface area (Å²) in [7, 11) is 3.01. The van der Waals surface area contributed by atoms with Crippen molar-refractivity contribution in [1.82, 2.24) is 15.1 Å². The third-order valence-corrected chi connectivity index (χ3v) is 4.46. The van der Waals surface area contributed by atoms with Crippen molar-refractivity contribution in [3.05, 3.63) is 30.0 Å². The Morgan fingerprint density at radius 1 is 1.21 bits per heavy atom. The summed E-state index contributed by atoms with van der Waals surface area (Å²) in [6, 6.07) is 4.68. The van der Waals surface area contributed by atoms with E-state index in [4.69, 9.17) is 13.9 Å². The van der Waals surface area contributed by atoms with E-state index in [1.165, 1.54) is 14.2 Å². The van der Waals surface area contributed by atoms with Gasteiger partial charge in [0.1, 0.15) is 11.5 Å². The Hall–Kier alpha value is -2.98. The van der Waals surface area contributed by atoms with Gasteiger partial charge in [0.25, 0.3) is 0 Å². The number of piperidine rings is 1. The van der Waals surface area contributed by atoms with Crippen LogP contribution in [-0.4, -0.2) is 48.4 Å². The molecule has 1 aliphatic heterocycles. The van der Waals surface area contributed by atoms with E-state index < -0.39 is 12.1 Å². The fourth-order valence-electron chi connectivity index (χ4n) is 2.94. The number of methoxy groups -OCH3 is 2. The lowest BCUT2D eigenvalue weighted by Gasteiger charge is -2.30. The van der Waals surface area contributed by atoms with Crippen LogP contribution in [0.1, 0.15) is 30.5 Å². The minimum absolute atomic E-state index is 0.0517. The molecule has 8 nitrogen and oxygen atoms in total. The molecule has 0 saturated carbocycles. The molecule has 2 aromatic rings. The lowest BCUT2D eigenvalue weighted by atomic mass is 9.97. The summed E-state index contributed by atoms with van der Waals surface area (Å²) in [6.45, 7) is 0.692. The maximum Gasteiger partial charge on any atom is 0.470 e. The van der Waals surface area contributed by atoms with E-state index in [0.29, 0.717) is 43.1 Å². The van der Waals surface area contributed by atoms with Crippen LogP contribution in [0.5, 0.6) is 11.5 Å². The molecular weight excluding hydrogens is 381 g/mol. The molecule has 1 aromatic heterocycles. The van der Waals surface area contributed by atoms with Gasteiger partial charge in [0.2, 0.25) is 5.89 Å². The molecule has 28 heavy (non-hydrogen) atoms. The number of nitrogens with one attached hydrogen (secondary N) is 1. The Labute approximate surface area is 158 Å². The number of hydrogen-bond acceptors (Lipinski definition) is 6. The second kappa shape index (κ2) is 7.95. The van der Waals surface area contributed by atoms with Crippen LogP contribution in [0, 0.1) is 0 Å². The molecule has 0 aliphatic carbocycles. The zero-order chi connectivity index (χ0) is 20.3. The molecule has 2 heterocycles. The number of carbonyl (C=O) groups excluding carboxylic acids is 1. The number of benzene rings is 1. The molecule has 0 atom stereocenters. The second-order valence-electron chi connectivity index (χ2n) is 6.20. The van der Waals surface area contributed by atoms with Gasteiger partial charge < -0.3 is 24.1 Å². The van der Waals surface area contributed by atoms with E-state index in [-0.39, 0.29) is 17.8 Å². The molecule has 1 aliphatic rings. The molecule has 3 rings (SSSR count). The molecular formula is C17H19F3N4O4. The van der Waals surface area contributed by atoms with E-state index in [2.05, 4.69) is 15.5 Å². The van der Waals surface area contributed by atoms with Crippen LogP contribution in [0.15, 0.2) is 22.6 Å². The van der Waals surface area contributed by atoms with Crippen molar-refractivity contribution >= 4 is 11.7 Å². The lowest BCUT2D eigenvalue weighted by Crippen LogP contribution is -2.40. The number of urea groups is 1. The molecule has 0 unspecified atom stereocenters. The van der Waals surface area contributed by atoms with Gasteiger partial charge in [-0.3, -0.25) is 0 Å². The minimum atomic E-state index is -4.66. The summed E-state index contributed by atoms with van der Waals surface area (Å²) in [5.41, 5.74) is 0.488. The molecule has 0 radical (unpaired) electrons. The number of hydrogen-bond donors (Lipinski definition) is 1. The quantitative estimate of drug-likeness (QED) is 0.845. The van der Waals surface area contributed by atoms with Gasteiger partial charge in [-0.2, -0.15) is 13.2 Å². The number of likely N-dealkylation sites (tertiary alicyclic amines) is 1. The topological polar surface area (TPSA) is 89.7 Å². The number of alkyl halides is 3. The van der Waals surface area contributed by atoms with Crippen LogP contribution in [0.3, 0.4) is 0 Å². The fourth-order valence-corrected chi connectivity index (χ4v) is 2.94. The third-order valence-electron chi connectivity index (χ3n) is 4.46. The van der Waals surface area contributed by atoms with Gasteiger partial charge >= 0.3 is 18.1 Å². The number of halogens is 3. The first-order chi connectivity index (χ1) is 13.3. The van der Waals surface area contributed by atoms with Gasteiger partial charge in [0.15, 0.2) is 0 Å². The van der Waals surface area contributed by atoms with Gasteiger partial charge in [0.05, 0.1) is 19.9 Å². The van der Waals surface area contributed by atoms with E-state index in [1.807, 2.05) is 0 Å². The number of amides is 2. The zero-order valence-corrected chi connectivity index (χ0v) is 15.2. The predicted octanol–water partition coefficient (Wildman–Crippen LogP) is 3.52. The van der Waals surface area contributed by atoms with Crippen molar-refractivity contribution in [2.45, 2.75) is 24.9 Å². The van der Waals surface area contributed by atoms with Crippen LogP contribution < -0.4 is 14.8 Å². The average molecular weight is 400 g/mol. The highest BCUT2D eigenvalue weighted by atomic mass is 19.4. The molecule has 11 heteroatoms. The smallest absolute Gasteiger partial charge is 0.470 e. The number of ether oxygens (including phenoxy) is 2. The monoisotopic (exact) mass is 400 g/mol. The summed E-state index contributed by atoms with van der Waals surface area (Å²) >= 11 is 0. The number of nitrogens with zero attached hydrogens (tertiary/aromatic N) is 3. The first-order valence-electron chi connectivity index (χ1n) is 8.50. The normalized spacial score (nSPS) is 15.4. The Bertz CT molecular complexity index is 832. The van der Waals surface area contributed by atoms with Crippen molar-refractivity contribution in [3.63, 3.8) is 0 Å². The van der Waals surface area contributed by atoms with Crippen molar-refractivity contribution in [2.75, 3.05) is 32.6 Å². The molecule has 1 aromatic carbocycles. The van der Waals surface area contributed by atoms with Crippen molar-refractivity contribution in [1.29, 1.82) is 0 Å². The molecule has 1 N–H and O–H groups in total. The Kier molecular flexibility index (Phi) is 5.61. The minimum Gasteiger partial charge on any atom is -0.497 e. The standard InChI is InChI=1S/C17H19F3N4O4/c1-26-11-3-4-12(13(9-11)27-2)21-16(25)24-7-5-10(6-8-24)14-22-23-15(28-14)17(18,19)20/h3-4,9-10H,5-8H2,1-2H3,(H,21,25). The highest BCUT2D eigenvalue weighted by Gasteiger charge is 2.39. The fraction of sp³-hybridized carbons (Fsp3) is 0.471. The van der Waals surface area contributed by atoms with Gasteiger partial charge in [-0.25, -0.2) is 4.79 Å². The van der Waals surface area contributed by atoms with Crippen molar-refractivity contribution in [3.8, 4) is 11.5 Å². The highest BCUT2D eigenvalue weighted by molar-refractivity contribution is 5.91. The molecule has 2 amide bonds. The van der Waals surface area contributed by atoms with Crippen molar-refractivity contribution < 1.29 is 31.9 Å².